The SMILES string of the molecule is CCCCCCSCC[C@@H]1[C@H](C/C=C\CCC(C)(C)C(=O)NO)[C@@H]2CC[C@H]1O2. The predicted molar refractivity (Wildman–Crippen MR) is 118 cm³/mol. The second-order valence-corrected chi connectivity index (χ2v) is 10.4. The molecular formula is C23H41NO3S. The Hall–Kier alpha value is -0.520. The van der Waals surface area contributed by atoms with Crippen LogP contribution in [0.2, 0.25) is 0 Å². The van der Waals surface area contributed by atoms with Crippen molar-refractivity contribution in [3.63, 3.8) is 0 Å². The number of hydrogen-bond donors (Lipinski definition) is 2. The number of allylic oxidation sites excluding steroid dienone is 2. The molecular weight excluding hydrogens is 370 g/mol. The van der Waals surface area contributed by atoms with Crippen LogP contribution in [0, 0.1) is 17.3 Å². The van der Waals surface area contributed by atoms with E-state index >= 15 is 0 Å². The summed E-state index contributed by atoms with van der Waals surface area (Å²) < 4.78 is 6.24. The van der Waals surface area contributed by atoms with Gasteiger partial charge < -0.3 is 4.74 Å². The third-order valence-electron chi connectivity index (χ3n) is 6.56. The van der Waals surface area contributed by atoms with Crippen LogP contribution in [-0.2, 0) is 9.53 Å². The monoisotopic (exact) mass is 411 g/mol. The highest BCUT2D eigenvalue weighted by molar-refractivity contribution is 7.99. The molecule has 1 amide bonds. The lowest BCUT2D eigenvalue weighted by molar-refractivity contribution is -0.138. The molecule has 4 nitrogen and oxygen atoms in total. The minimum absolute atomic E-state index is 0.310. The molecule has 2 N–H and O–H groups in total. The van der Waals surface area contributed by atoms with E-state index in [-0.39, 0.29) is 5.91 Å². The number of hydroxylamine groups is 1. The number of carbonyl (C=O) groups excluding carboxylic acids is 1. The number of amides is 1. The van der Waals surface area contributed by atoms with Crippen LogP contribution in [0.5, 0.6) is 0 Å². The van der Waals surface area contributed by atoms with E-state index in [1.807, 2.05) is 13.8 Å². The van der Waals surface area contributed by atoms with Gasteiger partial charge in [0.05, 0.1) is 12.2 Å². The van der Waals surface area contributed by atoms with Crippen molar-refractivity contribution in [2.24, 2.45) is 17.3 Å². The number of nitrogens with one attached hydrogen (secondary N) is 1. The molecule has 2 aliphatic heterocycles. The predicted octanol–water partition coefficient (Wildman–Crippen LogP) is 5.74. The van der Waals surface area contributed by atoms with E-state index in [1.54, 1.807) is 5.48 Å². The fraction of sp³-hybridized carbons (Fsp3) is 0.870. The minimum atomic E-state index is -0.536. The first-order chi connectivity index (χ1) is 13.5. The normalized spacial score (nSPS) is 27.0. The van der Waals surface area contributed by atoms with Crippen molar-refractivity contribution in [2.45, 2.75) is 97.2 Å². The number of unbranched alkanes of at least 4 members (excludes halogenated alkanes) is 3. The summed E-state index contributed by atoms with van der Waals surface area (Å²) in [6, 6.07) is 0. The van der Waals surface area contributed by atoms with Crippen LogP contribution in [0.3, 0.4) is 0 Å². The average Bonchev–Trinajstić information content (AvgIpc) is 3.28. The quantitative estimate of drug-likeness (QED) is 0.166. The molecule has 0 radical (unpaired) electrons. The van der Waals surface area contributed by atoms with Crippen LogP contribution >= 0.6 is 11.8 Å². The van der Waals surface area contributed by atoms with Crippen LogP contribution in [0.15, 0.2) is 12.2 Å². The van der Waals surface area contributed by atoms with Gasteiger partial charge in [-0.2, -0.15) is 11.8 Å². The van der Waals surface area contributed by atoms with Crippen LogP contribution in [0.1, 0.15) is 85.0 Å². The van der Waals surface area contributed by atoms with Crippen molar-refractivity contribution in [1.29, 1.82) is 0 Å². The lowest BCUT2D eigenvalue weighted by Gasteiger charge is -2.27. The summed E-state index contributed by atoms with van der Waals surface area (Å²) in [6.07, 6.45) is 17.4. The molecule has 162 valence electrons. The maximum absolute atomic E-state index is 11.6. The van der Waals surface area contributed by atoms with E-state index in [2.05, 4.69) is 30.8 Å². The number of hydrogen-bond acceptors (Lipinski definition) is 4. The summed E-state index contributed by atoms with van der Waals surface area (Å²) in [4.78, 5) is 11.6. The van der Waals surface area contributed by atoms with Crippen LogP contribution in [0.25, 0.3) is 0 Å². The highest BCUT2D eigenvalue weighted by Crippen LogP contribution is 2.47. The van der Waals surface area contributed by atoms with Crippen molar-refractivity contribution in [2.75, 3.05) is 11.5 Å². The topological polar surface area (TPSA) is 58.6 Å². The van der Waals surface area contributed by atoms with Crippen molar-refractivity contribution < 1.29 is 14.7 Å². The maximum atomic E-state index is 11.6. The summed E-state index contributed by atoms with van der Waals surface area (Å²) in [5.74, 6) is 3.67. The zero-order valence-electron chi connectivity index (χ0n) is 18.1. The molecule has 2 aliphatic rings. The van der Waals surface area contributed by atoms with Gasteiger partial charge in [0, 0.05) is 5.41 Å². The Bertz CT molecular complexity index is 494. The van der Waals surface area contributed by atoms with Gasteiger partial charge in [0.2, 0.25) is 5.91 Å². The number of thioether (sulfide) groups is 1. The lowest BCUT2D eigenvalue weighted by atomic mass is 9.76. The van der Waals surface area contributed by atoms with Gasteiger partial charge in [-0.1, -0.05) is 52.2 Å². The molecule has 0 aliphatic carbocycles. The fourth-order valence-electron chi connectivity index (χ4n) is 4.63. The first-order valence-corrected chi connectivity index (χ1v) is 12.5. The van der Waals surface area contributed by atoms with Gasteiger partial charge in [0.1, 0.15) is 0 Å². The lowest BCUT2D eigenvalue weighted by Crippen LogP contribution is -2.34. The molecule has 0 spiro atoms. The Morgan fingerprint density at radius 2 is 1.89 bits per heavy atom. The molecule has 0 aromatic rings. The van der Waals surface area contributed by atoms with E-state index in [0.717, 1.165) is 25.2 Å². The maximum Gasteiger partial charge on any atom is 0.248 e. The Kier molecular flexibility index (Phi) is 10.4. The van der Waals surface area contributed by atoms with E-state index in [0.29, 0.717) is 18.1 Å². The standard InChI is InChI=1S/C23H41NO3S/c1-4-5-6-10-16-28-17-14-19-18(20-12-13-21(19)27-20)11-8-7-9-15-23(2,3)22(25)24-26/h7-8,18-21,26H,4-6,9-17H2,1-3H3,(H,24,25)/b8-7-/t18-,19+,20-,21+/m0/s1. The average molecular weight is 412 g/mol. The molecule has 4 atom stereocenters. The number of rotatable bonds is 14. The van der Waals surface area contributed by atoms with Gasteiger partial charge in [-0.05, 0) is 68.3 Å². The third kappa shape index (κ3) is 7.07. The van der Waals surface area contributed by atoms with E-state index < -0.39 is 5.41 Å². The van der Waals surface area contributed by atoms with Crippen LogP contribution in [0.4, 0.5) is 0 Å². The van der Waals surface area contributed by atoms with E-state index in [9.17, 15) is 4.79 Å². The van der Waals surface area contributed by atoms with Gasteiger partial charge in [0.25, 0.3) is 0 Å². The van der Waals surface area contributed by atoms with Crippen molar-refractivity contribution >= 4 is 17.7 Å². The summed E-state index contributed by atoms with van der Waals surface area (Å²) in [5.41, 5.74) is 1.24. The molecule has 2 fully saturated rings. The van der Waals surface area contributed by atoms with E-state index in [1.165, 1.54) is 56.5 Å². The van der Waals surface area contributed by atoms with Gasteiger partial charge in [-0.15, -0.1) is 0 Å². The van der Waals surface area contributed by atoms with Crippen molar-refractivity contribution in [3.05, 3.63) is 12.2 Å². The van der Waals surface area contributed by atoms with Crippen LogP contribution < -0.4 is 5.48 Å². The van der Waals surface area contributed by atoms with E-state index in [4.69, 9.17) is 9.94 Å². The first kappa shape index (κ1) is 23.8. The molecule has 0 aromatic heterocycles. The zero-order chi connectivity index (χ0) is 20.4. The summed E-state index contributed by atoms with van der Waals surface area (Å²) in [5, 5.41) is 8.82. The van der Waals surface area contributed by atoms with Gasteiger partial charge >= 0.3 is 0 Å². The Balaban J connectivity index is 1.68. The molecule has 5 heteroatoms. The summed E-state index contributed by atoms with van der Waals surface area (Å²) in [6.45, 7) is 6.00. The molecule has 0 unspecified atom stereocenters. The number of ether oxygens (including phenoxy) is 1. The van der Waals surface area contributed by atoms with Crippen molar-refractivity contribution in [3.8, 4) is 0 Å². The Morgan fingerprint density at radius 3 is 2.61 bits per heavy atom. The van der Waals surface area contributed by atoms with Crippen LogP contribution in [-0.4, -0.2) is 34.8 Å². The van der Waals surface area contributed by atoms with Crippen molar-refractivity contribution in [1.82, 2.24) is 5.48 Å². The summed E-state index contributed by atoms with van der Waals surface area (Å²) in [7, 11) is 0. The number of fused-ring (bicyclic) bond motifs is 2. The zero-order valence-corrected chi connectivity index (χ0v) is 18.9. The highest BCUT2D eigenvalue weighted by atomic mass is 32.2. The molecule has 2 heterocycles. The molecule has 0 aromatic carbocycles. The van der Waals surface area contributed by atoms with Gasteiger partial charge in [0.15, 0.2) is 0 Å². The molecule has 2 rings (SSSR count). The highest BCUT2D eigenvalue weighted by Gasteiger charge is 2.47. The first-order valence-electron chi connectivity index (χ1n) is 11.3. The largest absolute Gasteiger partial charge is 0.374 e. The molecule has 0 saturated carbocycles. The summed E-state index contributed by atoms with van der Waals surface area (Å²) >= 11 is 2.13. The molecule has 2 saturated heterocycles. The fourth-order valence-corrected chi connectivity index (χ4v) is 5.68. The third-order valence-corrected chi connectivity index (χ3v) is 7.66. The molecule has 28 heavy (non-hydrogen) atoms. The second kappa shape index (κ2) is 12.2. The Labute approximate surface area is 176 Å². The Morgan fingerprint density at radius 1 is 1.14 bits per heavy atom. The smallest absolute Gasteiger partial charge is 0.248 e. The second-order valence-electron chi connectivity index (χ2n) is 9.15. The van der Waals surface area contributed by atoms with Gasteiger partial charge in [-0.25, -0.2) is 5.48 Å². The molecule has 2 bridgehead atoms. The number of carbonyl (C=O) groups is 1. The minimum Gasteiger partial charge on any atom is -0.374 e. The van der Waals surface area contributed by atoms with Gasteiger partial charge in [-0.3, -0.25) is 10.0 Å².